The van der Waals surface area contributed by atoms with Gasteiger partial charge in [0.25, 0.3) is 0 Å². The fourth-order valence-electron chi connectivity index (χ4n) is 1.04. The maximum absolute atomic E-state index is 11.3. The van der Waals surface area contributed by atoms with Gasteiger partial charge in [-0.15, -0.1) is 0 Å². The SMILES string of the molecule is COc1ccc(NC(=O)CCS)c(Cl)c1. The number of benzene rings is 1. The van der Waals surface area contributed by atoms with Crippen molar-refractivity contribution in [1.82, 2.24) is 0 Å². The van der Waals surface area contributed by atoms with Crippen molar-refractivity contribution >= 4 is 35.8 Å². The van der Waals surface area contributed by atoms with Crippen molar-refractivity contribution in [2.45, 2.75) is 6.42 Å². The first-order valence-electron chi connectivity index (χ1n) is 4.41. The number of rotatable bonds is 4. The molecule has 82 valence electrons. The van der Waals surface area contributed by atoms with Gasteiger partial charge in [-0.05, 0) is 17.9 Å². The zero-order valence-corrected chi connectivity index (χ0v) is 9.94. The molecule has 0 aliphatic heterocycles. The van der Waals surface area contributed by atoms with Gasteiger partial charge in [-0.1, -0.05) is 11.6 Å². The number of hydrogen-bond acceptors (Lipinski definition) is 3. The van der Waals surface area contributed by atoms with Crippen LogP contribution < -0.4 is 10.1 Å². The van der Waals surface area contributed by atoms with Crippen molar-refractivity contribution in [3.8, 4) is 5.75 Å². The average Bonchev–Trinajstić information content (AvgIpc) is 2.21. The molecule has 15 heavy (non-hydrogen) atoms. The summed E-state index contributed by atoms with van der Waals surface area (Å²) in [5.41, 5.74) is 0.587. The van der Waals surface area contributed by atoms with E-state index in [4.69, 9.17) is 16.3 Å². The normalized spacial score (nSPS) is 9.80. The predicted molar refractivity (Wildman–Crippen MR) is 65.1 cm³/mol. The highest BCUT2D eigenvalue weighted by molar-refractivity contribution is 7.80. The van der Waals surface area contributed by atoms with Gasteiger partial charge >= 0.3 is 0 Å². The van der Waals surface area contributed by atoms with Crippen molar-refractivity contribution in [2.75, 3.05) is 18.2 Å². The molecule has 0 heterocycles. The number of ether oxygens (including phenoxy) is 1. The summed E-state index contributed by atoms with van der Waals surface area (Å²) < 4.78 is 4.99. The molecule has 0 aromatic heterocycles. The molecule has 0 saturated carbocycles. The summed E-state index contributed by atoms with van der Waals surface area (Å²) in [7, 11) is 1.56. The lowest BCUT2D eigenvalue weighted by Crippen LogP contribution is -2.11. The lowest BCUT2D eigenvalue weighted by atomic mass is 10.3. The van der Waals surface area contributed by atoms with Crippen molar-refractivity contribution in [2.24, 2.45) is 0 Å². The number of halogens is 1. The fraction of sp³-hybridized carbons (Fsp3) is 0.300. The highest BCUT2D eigenvalue weighted by atomic mass is 35.5. The second kappa shape index (κ2) is 5.88. The van der Waals surface area contributed by atoms with Gasteiger partial charge in [0.1, 0.15) is 5.75 Å². The Morgan fingerprint density at radius 2 is 2.33 bits per heavy atom. The predicted octanol–water partition coefficient (Wildman–Crippen LogP) is 2.61. The van der Waals surface area contributed by atoms with Crippen LogP contribution in [0.2, 0.25) is 5.02 Å². The summed E-state index contributed by atoms with van der Waals surface area (Å²) in [6.45, 7) is 0. The van der Waals surface area contributed by atoms with Crippen molar-refractivity contribution in [3.63, 3.8) is 0 Å². The molecule has 0 spiro atoms. The highest BCUT2D eigenvalue weighted by Gasteiger charge is 2.05. The first-order chi connectivity index (χ1) is 7.17. The smallest absolute Gasteiger partial charge is 0.225 e. The molecule has 0 radical (unpaired) electrons. The van der Waals surface area contributed by atoms with Crippen LogP contribution in [0.25, 0.3) is 0 Å². The van der Waals surface area contributed by atoms with E-state index in [9.17, 15) is 4.79 Å². The van der Waals surface area contributed by atoms with Gasteiger partial charge in [0.15, 0.2) is 0 Å². The topological polar surface area (TPSA) is 38.3 Å². The van der Waals surface area contributed by atoms with E-state index in [0.717, 1.165) is 0 Å². The minimum atomic E-state index is -0.0999. The molecule has 5 heteroatoms. The number of amides is 1. The molecule has 0 atom stereocenters. The number of carbonyl (C=O) groups excluding carboxylic acids is 1. The summed E-state index contributed by atoms with van der Waals surface area (Å²) in [5, 5.41) is 3.15. The molecule has 0 saturated heterocycles. The van der Waals surface area contributed by atoms with Crippen molar-refractivity contribution in [3.05, 3.63) is 23.2 Å². The average molecular weight is 246 g/mol. The number of methoxy groups -OCH3 is 1. The maximum Gasteiger partial charge on any atom is 0.225 e. The molecule has 0 unspecified atom stereocenters. The summed E-state index contributed by atoms with van der Waals surface area (Å²) >= 11 is 9.91. The van der Waals surface area contributed by atoms with Crippen LogP contribution in [-0.4, -0.2) is 18.8 Å². The highest BCUT2D eigenvalue weighted by Crippen LogP contribution is 2.26. The molecule has 0 fully saturated rings. The quantitative estimate of drug-likeness (QED) is 0.801. The van der Waals surface area contributed by atoms with E-state index in [2.05, 4.69) is 17.9 Å². The van der Waals surface area contributed by atoms with E-state index >= 15 is 0 Å². The number of carbonyl (C=O) groups is 1. The third kappa shape index (κ3) is 3.64. The minimum absolute atomic E-state index is 0.0999. The van der Waals surface area contributed by atoms with Crippen LogP contribution in [-0.2, 0) is 4.79 Å². The van der Waals surface area contributed by atoms with Crippen LogP contribution >= 0.6 is 24.2 Å². The van der Waals surface area contributed by atoms with Crippen LogP contribution in [0.5, 0.6) is 5.75 Å². The summed E-state index contributed by atoms with van der Waals surface area (Å²) in [4.78, 5) is 11.3. The van der Waals surface area contributed by atoms with E-state index in [0.29, 0.717) is 28.6 Å². The van der Waals surface area contributed by atoms with Gasteiger partial charge in [-0.2, -0.15) is 12.6 Å². The lowest BCUT2D eigenvalue weighted by Gasteiger charge is -2.07. The van der Waals surface area contributed by atoms with Crippen LogP contribution in [0.15, 0.2) is 18.2 Å². The zero-order valence-electron chi connectivity index (χ0n) is 8.29. The second-order valence-electron chi connectivity index (χ2n) is 2.87. The van der Waals surface area contributed by atoms with Crippen LogP contribution in [0, 0.1) is 0 Å². The van der Waals surface area contributed by atoms with Crippen LogP contribution in [0.4, 0.5) is 5.69 Å². The number of nitrogens with one attached hydrogen (secondary N) is 1. The Hall–Kier alpha value is -0.870. The van der Waals surface area contributed by atoms with Crippen molar-refractivity contribution in [1.29, 1.82) is 0 Å². The van der Waals surface area contributed by atoms with Gasteiger partial charge in [0, 0.05) is 12.5 Å². The third-order valence-corrected chi connectivity index (χ3v) is 2.33. The second-order valence-corrected chi connectivity index (χ2v) is 3.72. The Morgan fingerprint density at radius 1 is 1.60 bits per heavy atom. The van der Waals surface area contributed by atoms with Gasteiger partial charge in [0.2, 0.25) is 5.91 Å². The van der Waals surface area contributed by atoms with E-state index < -0.39 is 0 Å². The van der Waals surface area contributed by atoms with E-state index in [1.165, 1.54) is 0 Å². The molecule has 0 aliphatic rings. The molecule has 0 bridgehead atoms. The fourth-order valence-corrected chi connectivity index (χ4v) is 1.46. The van der Waals surface area contributed by atoms with Gasteiger partial charge in [-0.25, -0.2) is 0 Å². The first-order valence-corrected chi connectivity index (χ1v) is 5.42. The summed E-state index contributed by atoms with van der Waals surface area (Å²) in [6.07, 6.45) is 0.367. The molecule has 1 aromatic rings. The molecule has 3 nitrogen and oxygen atoms in total. The Labute approximate surface area is 99.2 Å². The molecule has 0 aliphatic carbocycles. The largest absolute Gasteiger partial charge is 0.497 e. The molecule has 1 N–H and O–H groups in total. The third-order valence-electron chi connectivity index (χ3n) is 1.79. The number of hydrogen-bond donors (Lipinski definition) is 2. The first kappa shape index (κ1) is 12.2. The Kier molecular flexibility index (Phi) is 4.78. The molecule has 1 rings (SSSR count). The molecular formula is C10H12ClNO2S. The Morgan fingerprint density at radius 3 is 2.87 bits per heavy atom. The summed E-state index contributed by atoms with van der Waals surface area (Å²) in [6, 6.07) is 5.09. The monoisotopic (exact) mass is 245 g/mol. The van der Waals surface area contributed by atoms with Gasteiger partial charge in [0.05, 0.1) is 17.8 Å². The molecule has 1 aromatic carbocycles. The number of anilines is 1. The zero-order chi connectivity index (χ0) is 11.3. The van der Waals surface area contributed by atoms with Gasteiger partial charge in [-0.3, -0.25) is 4.79 Å². The van der Waals surface area contributed by atoms with Crippen LogP contribution in [0.3, 0.4) is 0 Å². The van der Waals surface area contributed by atoms with E-state index in [-0.39, 0.29) is 5.91 Å². The molecular weight excluding hydrogens is 234 g/mol. The van der Waals surface area contributed by atoms with Gasteiger partial charge < -0.3 is 10.1 Å². The maximum atomic E-state index is 11.3. The summed E-state index contributed by atoms with van der Waals surface area (Å²) in [5.74, 6) is 1.07. The Balaban J connectivity index is 2.73. The lowest BCUT2D eigenvalue weighted by molar-refractivity contribution is -0.115. The van der Waals surface area contributed by atoms with E-state index in [1.54, 1.807) is 25.3 Å². The van der Waals surface area contributed by atoms with Crippen LogP contribution in [0.1, 0.15) is 6.42 Å². The minimum Gasteiger partial charge on any atom is -0.497 e. The van der Waals surface area contributed by atoms with E-state index in [1.807, 2.05) is 0 Å². The standard InChI is InChI=1S/C10H12ClNO2S/c1-14-7-2-3-9(8(11)6-7)12-10(13)4-5-15/h2-3,6,15H,4-5H2,1H3,(H,12,13). The molecule has 1 amide bonds. The van der Waals surface area contributed by atoms with Crippen molar-refractivity contribution < 1.29 is 9.53 Å². The Bertz CT molecular complexity index is 357. The number of thiol groups is 1.